The molecule has 0 radical (unpaired) electrons. The van der Waals surface area contributed by atoms with Gasteiger partial charge in [-0.1, -0.05) is 140 Å². The Kier molecular flexibility index (Phi) is 11.0. The maximum Gasteiger partial charge on any atom is 0.0173 e. The van der Waals surface area contributed by atoms with E-state index in [1.807, 2.05) is 0 Å². The first-order valence-electron chi connectivity index (χ1n) is 16.0. The highest BCUT2D eigenvalue weighted by atomic mass is 31.8. The molecule has 0 aliphatic rings. The minimum absolute atomic E-state index is 0.460. The molecule has 0 nitrogen and oxygen atoms in total. The van der Waals surface area contributed by atoms with Gasteiger partial charge >= 0.3 is 0 Å². The molecule has 0 heterocycles. The van der Waals surface area contributed by atoms with Crippen LogP contribution in [0.2, 0.25) is 0 Å². The van der Waals surface area contributed by atoms with Crippen molar-refractivity contribution in [3.63, 3.8) is 0 Å². The second-order valence-electron chi connectivity index (χ2n) is 14.8. The lowest BCUT2D eigenvalue weighted by molar-refractivity contribution is 0.807. The second kappa shape index (κ2) is 13.4. The summed E-state index contributed by atoms with van der Waals surface area (Å²) in [6.07, 6.45) is 0. The second-order valence-corrected chi connectivity index (χ2v) is 23.6. The Morgan fingerprint density at radius 1 is 0.463 bits per heavy atom. The van der Waals surface area contributed by atoms with Crippen LogP contribution < -0.4 is 5.30 Å². The molecular weight excluding hydrogens is 530 g/mol. The third-order valence-corrected chi connectivity index (χ3v) is 11.9. The average Bonchev–Trinajstić information content (AvgIpc) is 2.86. The van der Waals surface area contributed by atoms with Crippen molar-refractivity contribution in [1.29, 1.82) is 0 Å². The summed E-state index contributed by atoms with van der Waals surface area (Å²) in [5, 5.41) is 1.54. The van der Waals surface area contributed by atoms with Crippen LogP contribution in [0.15, 0.2) is 42.5 Å². The summed E-state index contributed by atoms with van der Waals surface area (Å²) in [6, 6.07) is 17.3. The van der Waals surface area contributed by atoms with E-state index in [2.05, 4.69) is 146 Å². The molecule has 0 aliphatic heterocycles. The molecule has 224 valence electrons. The Labute approximate surface area is 255 Å². The van der Waals surface area contributed by atoms with Crippen molar-refractivity contribution in [2.45, 2.75) is 119 Å². The summed E-state index contributed by atoms with van der Waals surface area (Å²) in [5.74, 6) is 2.88. The quantitative estimate of drug-likeness (QED) is 0.218. The summed E-state index contributed by atoms with van der Waals surface area (Å²) < 4.78 is 0. The van der Waals surface area contributed by atoms with Crippen molar-refractivity contribution in [1.82, 2.24) is 0 Å². The van der Waals surface area contributed by atoms with E-state index >= 15 is 0 Å². The van der Waals surface area contributed by atoms with Crippen LogP contribution in [0, 0.1) is 0 Å². The molecular formula is C39H58P2. The summed E-state index contributed by atoms with van der Waals surface area (Å²) in [4.78, 5) is 0. The summed E-state index contributed by atoms with van der Waals surface area (Å²) in [5.41, 5.74) is 14.8. The molecule has 0 unspecified atom stereocenters. The highest BCUT2D eigenvalue weighted by Crippen LogP contribution is 2.50. The van der Waals surface area contributed by atoms with Crippen LogP contribution >= 0.6 is 14.4 Å². The van der Waals surface area contributed by atoms with Crippen LogP contribution in [0.3, 0.4) is 0 Å². The van der Waals surface area contributed by atoms with Gasteiger partial charge in [0, 0.05) is 5.30 Å². The molecule has 0 bridgehead atoms. The monoisotopic (exact) mass is 588 g/mol. The first kappa shape index (κ1) is 33.9. The van der Waals surface area contributed by atoms with Crippen molar-refractivity contribution in [3.8, 4) is 22.3 Å². The molecule has 3 rings (SSSR count). The fourth-order valence-corrected chi connectivity index (χ4v) is 9.52. The molecule has 0 atom stereocenters. The van der Waals surface area contributed by atoms with Gasteiger partial charge in [0.25, 0.3) is 0 Å². The number of hydrogen-bond acceptors (Lipinski definition) is 0. The molecule has 0 amide bonds. The van der Waals surface area contributed by atoms with E-state index < -0.39 is 6.55 Å². The fraction of sp³-hybridized carbons (Fsp3) is 0.538. The first-order valence-corrected chi connectivity index (χ1v) is 20.7. The average molecular weight is 589 g/mol. The summed E-state index contributed by atoms with van der Waals surface area (Å²) >= 11 is 0. The maximum absolute atomic E-state index is 2.52. The molecule has 2 heteroatoms. The Hall–Kier alpha value is -1.61. The van der Waals surface area contributed by atoms with Crippen LogP contribution in [-0.4, -0.2) is 20.0 Å². The van der Waals surface area contributed by atoms with E-state index in [0.717, 1.165) is 0 Å². The van der Waals surface area contributed by atoms with Gasteiger partial charge in [0.2, 0.25) is 0 Å². The zero-order valence-corrected chi connectivity index (χ0v) is 30.7. The summed E-state index contributed by atoms with van der Waals surface area (Å²) in [6.45, 7) is 34.7. The van der Waals surface area contributed by atoms with Gasteiger partial charge in [0.1, 0.15) is 0 Å². The topological polar surface area (TPSA) is 0 Å². The normalized spacial score (nSPS) is 12.8. The van der Waals surface area contributed by atoms with Gasteiger partial charge in [-0.3, -0.25) is 0 Å². The molecule has 41 heavy (non-hydrogen) atoms. The number of rotatable bonds is 9. The van der Waals surface area contributed by atoms with Gasteiger partial charge in [-0.25, -0.2) is 0 Å². The molecule has 0 N–H and O–H groups in total. The highest BCUT2D eigenvalue weighted by Gasteiger charge is 2.25. The Balaban J connectivity index is 2.63. The zero-order valence-electron chi connectivity index (χ0n) is 28.9. The van der Waals surface area contributed by atoms with Crippen LogP contribution in [0.25, 0.3) is 22.3 Å². The van der Waals surface area contributed by atoms with Gasteiger partial charge in [-0.05, 0) is 111 Å². The highest BCUT2D eigenvalue weighted by molar-refractivity contribution is 8.06. The van der Waals surface area contributed by atoms with Crippen molar-refractivity contribution in [2.24, 2.45) is 0 Å². The van der Waals surface area contributed by atoms with E-state index in [0.29, 0.717) is 35.5 Å². The summed E-state index contributed by atoms with van der Waals surface area (Å²) in [7, 11) is 1.49. The van der Waals surface area contributed by atoms with E-state index in [-0.39, 0.29) is 0 Å². The molecule has 0 saturated heterocycles. The number of benzene rings is 3. The minimum atomic E-state index is -1.17. The molecule has 0 saturated carbocycles. The lowest BCUT2D eigenvalue weighted by Crippen LogP contribution is -2.12. The Morgan fingerprint density at radius 3 is 0.976 bits per heavy atom. The number of hydrogen-bond donors (Lipinski definition) is 0. The van der Waals surface area contributed by atoms with E-state index in [1.54, 1.807) is 0 Å². The Morgan fingerprint density at radius 2 is 0.756 bits per heavy atom. The molecule has 3 aromatic rings. The largest absolute Gasteiger partial charge is 0.0864 e. The molecule has 0 aromatic heterocycles. The fourth-order valence-electron chi connectivity index (χ4n) is 5.89. The third-order valence-electron chi connectivity index (χ3n) is 8.24. The van der Waals surface area contributed by atoms with Crippen molar-refractivity contribution >= 4 is 19.7 Å². The van der Waals surface area contributed by atoms with Gasteiger partial charge in [0.15, 0.2) is 0 Å². The van der Waals surface area contributed by atoms with Crippen LogP contribution in [0.4, 0.5) is 0 Å². The third kappa shape index (κ3) is 7.67. The maximum atomic E-state index is 2.52. The van der Waals surface area contributed by atoms with Crippen LogP contribution in [-0.2, 0) is 0 Å². The van der Waals surface area contributed by atoms with Gasteiger partial charge in [-0.2, -0.15) is 0 Å². The van der Waals surface area contributed by atoms with Crippen LogP contribution in [0.5, 0.6) is 0 Å². The Bertz CT molecular complexity index is 1260. The molecule has 0 fully saturated rings. The van der Waals surface area contributed by atoms with Gasteiger partial charge < -0.3 is 0 Å². The van der Waals surface area contributed by atoms with Gasteiger partial charge in [0.05, 0.1) is 0 Å². The molecule has 0 aliphatic carbocycles. The molecule has 0 spiro atoms. The smallest absolute Gasteiger partial charge is 0.0173 e. The van der Waals surface area contributed by atoms with Crippen LogP contribution in [0.1, 0.15) is 152 Å². The first-order chi connectivity index (χ1) is 18.9. The minimum Gasteiger partial charge on any atom is -0.0864 e. The predicted molar refractivity (Wildman–Crippen MR) is 193 cm³/mol. The van der Waals surface area contributed by atoms with Crippen molar-refractivity contribution in [3.05, 3.63) is 75.8 Å². The van der Waals surface area contributed by atoms with E-state index in [9.17, 15) is 0 Å². The predicted octanol–water partition coefficient (Wildman–Crippen LogP) is 13.2. The SMILES string of the molecule is CC(C)c1cc(C(C)C)c(-c2cccc(-c3c(C(C)C)cc(C(C)C)cc3C(C)C)c2P=P(C)(C)C)c(C(C)C)c1. The van der Waals surface area contributed by atoms with Crippen molar-refractivity contribution < 1.29 is 0 Å². The zero-order chi connectivity index (χ0) is 31.0. The van der Waals surface area contributed by atoms with E-state index in [4.69, 9.17) is 0 Å². The van der Waals surface area contributed by atoms with E-state index in [1.165, 1.54) is 68.8 Å². The lowest BCUT2D eigenvalue weighted by Gasteiger charge is -2.28. The standard InChI is InChI=1S/C39H58P2/c1-23(2)29-19-33(25(5)6)37(34(20-29)26(7)8)31-17-16-18-32(39(31)40-41(13,14)15)38-35(27(9)10)21-30(24(3)4)22-36(38)28(11)12/h16-28H,1-15H3. The lowest BCUT2D eigenvalue weighted by atomic mass is 9.79. The van der Waals surface area contributed by atoms with Gasteiger partial charge in [-0.15, -0.1) is 0 Å². The van der Waals surface area contributed by atoms with Crippen molar-refractivity contribution in [2.75, 3.05) is 20.0 Å². The molecule has 3 aromatic carbocycles.